The minimum absolute atomic E-state index is 0.0353. The summed E-state index contributed by atoms with van der Waals surface area (Å²) in [6.45, 7) is 0.817. The summed E-state index contributed by atoms with van der Waals surface area (Å²) in [6, 6.07) is 0. The molecular weight excluding hydrogens is 180 g/mol. The molecule has 0 aromatic rings. The molecule has 2 rings (SSSR count). The Morgan fingerprint density at radius 2 is 2.07 bits per heavy atom. The summed E-state index contributed by atoms with van der Waals surface area (Å²) >= 11 is 0. The minimum atomic E-state index is -0.281. The second kappa shape index (κ2) is 4.41. The Morgan fingerprint density at radius 3 is 2.64 bits per heavy atom. The lowest BCUT2D eigenvalue weighted by atomic mass is 9.90. The van der Waals surface area contributed by atoms with Crippen molar-refractivity contribution in [2.75, 3.05) is 13.7 Å². The van der Waals surface area contributed by atoms with E-state index in [0.29, 0.717) is 6.42 Å². The molecule has 2 atom stereocenters. The molecule has 2 unspecified atom stereocenters. The first-order chi connectivity index (χ1) is 6.81. The zero-order valence-electron chi connectivity index (χ0n) is 8.70. The van der Waals surface area contributed by atoms with Crippen LogP contribution in [0.1, 0.15) is 32.1 Å². The fourth-order valence-corrected chi connectivity index (χ4v) is 2.33. The molecule has 0 aromatic heterocycles. The Morgan fingerprint density at radius 1 is 1.36 bits per heavy atom. The standard InChI is InChI=1S/C11H18O3/c1-13-11-9(12)6-10(11)14-7-8-4-2-3-5-8/h8,10-11H,2-7H2,1H3. The predicted octanol–water partition coefficient (Wildman–Crippen LogP) is 1.55. The van der Waals surface area contributed by atoms with Gasteiger partial charge < -0.3 is 9.47 Å². The molecule has 0 aliphatic heterocycles. The van der Waals surface area contributed by atoms with Gasteiger partial charge in [0.2, 0.25) is 0 Å². The molecular formula is C11H18O3. The van der Waals surface area contributed by atoms with Crippen molar-refractivity contribution in [2.24, 2.45) is 5.92 Å². The van der Waals surface area contributed by atoms with Crippen LogP contribution in [-0.2, 0) is 14.3 Å². The van der Waals surface area contributed by atoms with Crippen molar-refractivity contribution in [3.05, 3.63) is 0 Å². The van der Waals surface area contributed by atoms with Gasteiger partial charge in [-0.3, -0.25) is 4.79 Å². The molecule has 2 fully saturated rings. The topological polar surface area (TPSA) is 35.5 Å². The van der Waals surface area contributed by atoms with Crippen LogP contribution in [0.15, 0.2) is 0 Å². The fraction of sp³-hybridized carbons (Fsp3) is 0.909. The lowest BCUT2D eigenvalue weighted by Crippen LogP contribution is -2.50. The smallest absolute Gasteiger partial charge is 0.166 e. The maximum atomic E-state index is 11.1. The van der Waals surface area contributed by atoms with E-state index in [1.54, 1.807) is 7.11 Å². The Kier molecular flexibility index (Phi) is 3.19. The molecule has 3 heteroatoms. The van der Waals surface area contributed by atoms with Crippen LogP contribution in [0.25, 0.3) is 0 Å². The molecule has 80 valence electrons. The van der Waals surface area contributed by atoms with Crippen LogP contribution in [0.5, 0.6) is 0 Å². The van der Waals surface area contributed by atoms with Gasteiger partial charge in [-0.05, 0) is 18.8 Å². The normalized spacial score (nSPS) is 33.4. The van der Waals surface area contributed by atoms with Crippen LogP contribution in [0.4, 0.5) is 0 Å². The molecule has 14 heavy (non-hydrogen) atoms. The average molecular weight is 198 g/mol. The molecule has 0 aromatic carbocycles. The van der Waals surface area contributed by atoms with Crippen molar-refractivity contribution in [3.63, 3.8) is 0 Å². The van der Waals surface area contributed by atoms with Gasteiger partial charge in [0.25, 0.3) is 0 Å². The number of ether oxygens (including phenoxy) is 2. The molecule has 0 bridgehead atoms. The highest BCUT2D eigenvalue weighted by Gasteiger charge is 2.41. The first kappa shape index (κ1) is 10.1. The first-order valence-corrected chi connectivity index (χ1v) is 5.48. The number of rotatable bonds is 4. The van der Waals surface area contributed by atoms with Crippen LogP contribution in [0, 0.1) is 5.92 Å². The van der Waals surface area contributed by atoms with Gasteiger partial charge in [-0.2, -0.15) is 0 Å². The van der Waals surface area contributed by atoms with E-state index in [4.69, 9.17) is 9.47 Å². The number of hydrogen-bond donors (Lipinski definition) is 0. The third-order valence-corrected chi connectivity index (χ3v) is 3.33. The van der Waals surface area contributed by atoms with Crippen molar-refractivity contribution in [3.8, 4) is 0 Å². The third kappa shape index (κ3) is 1.98. The van der Waals surface area contributed by atoms with Crippen LogP contribution in [0.3, 0.4) is 0 Å². The van der Waals surface area contributed by atoms with Gasteiger partial charge in [-0.1, -0.05) is 12.8 Å². The molecule has 3 nitrogen and oxygen atoms in total. The summed E-state index contributed by atoms with van der Waals surface area (Å²) < 4.78 is 10.7. The maximum Gasteiger partial charge on any atom is 0.166 e. The van der Waals surface area contributed by atoms with Crippen molar-refractivity contribution in [1.82, 2.24) is 0 Å². The Hall–Kier alpha value is -0.410. The lowest BCUT2D eigenvalue weighted by Gasteiger charge is -2.34. The van der Waals surface area contributed by atoms with Crippen molar-refractivity contribution >= 4 is 5.78 Å². The van der Waals surface area contributed by atoms with Crippen LogP contribution in [-0.4, -0.2) is 31.7 Å². The van der Waals surface area contributed by atoms with Crippen LogP contribution in [0.2, 0.25) is 0 Å². The van der Waals surface area contributed by atoms with Crippen molar-refractivity contribution in [2.45, 2.75) is 44.3 Å². The van der Waals surface area contributed by atoms with E-state index in [1.165, 1.54) is 25.7 Å². The van der Waals surface area contributed by atoms with Crippen LogP contribution >= 0.6 is 0 Å². The summed E-state index contributed by atoms with van der Waals surface area (Å²) in [5.74, 6) is 0.909. The largest absolute Gasteiger partial charge is 0.374 e. The van der Waals surface area contributed by atoms with Gasteiger partial charge >= 0.3 is 0 Å². The molecule has 0 heterocycles. The highest BCUT2D eigenvalue weighted by atomic mass is 16.5. The molecule has 0 amide bonds. The first-order valence-electron chi connectivity index (χ1n) is 5.48. The average Bonchev–Trinajstić information content (AvgIpc) is 2.65. The fourth-order valence-electron chi connectivity index (χ4n) is 2.33. The number of carbonyl (C=O) groups is 1. The summed E-state index contributed by atoms with van der Waals surface area (Å²) in [6.07, 6.45) is 5.56. The molecule has 0 spiro atoms. The Balaban J connectivity index is 1.68. The SMILES string of the molecule is COC1C(=O)CC1OCC1CCCC1. The van der Waals surface area contributed by atoms with E-state index >= 15 is 0 Å². The Bertz CT molecular complexity index is 209. The molecule has 2 saturated carbocycles. The number of carbonyl (C=O) groups excluding carboxylic acids is 1. The minimum Gasteiger partial charge on any atom is -0.374 e. The van der Waals surface area contributed by atoms with Gasteiger partial charge in [-0.25, -0.2) is 0 Å². The molecule has 2 aliphatic rings. The van der Waals surface area contributed by atoms with Crippen molar-refractivity contribution in [1.29, 1.82) is 0 Å². The van der Waals surface area contributed by atoms with Gasteiger partial charge in [0.05, 0.1) is 6.10 Å². The van der Waals surface area contributed by atoms with E-state index in [0.717, 1.165) is 12.5 Å². The second-order valence-corrected chi connectivity index (χ2v) is 4.35. The summed E-state index contributed by atoms with van der Waals surface area (Å²) in [4.78, 5) is 11.1. The molecule has 0 saturated heterocycles. The van der Waals surface area contributed by atoms with E-state index < -0.39 is 0 Å². The van der Waals surface area contributed by atoms with Crippen LogP contribution < -0.4 is 0 Å². The Labute approximate surface area is 84.8 Å². The lowest BCUT2D eigenvalue weighted by molar-refractivity contribution is -0.163. The van der Waals surface area contributed by atoms with Gasteiger partial charge in [0.1, 0.15) is 6.10 Å². The zero-order chi connectivity index (χ0) is 9.97. The number of hydrogen-bond acceptors (Lipinski definition) is 3. The highest BCUT2D eigenvalue weighted by Crippen LogP contribution is 2.28. The van der Waals surface area contributed by atoms with Gasteiger partial charge in [0, 0.05) is 20.1 Å². The summed E-state index contributed by atoms with van der Waals surface area (Å²) in [5.41, 5.74) is 0. The van der Waals surface area contributed by atoms with Gasteiger partial charge in [0.15, 0.2) is 5.78 Å². The van der Waals surface area contributed by atoms with E-state index in [2.05, 4.69) is 0 Å². The molecule has 0 N–H and O–H groups in total. The highest BCUT2D eigenvalue weighted by molar-refractivity contribution is 5.90. The predicted molar refractivity (Wildman–Crippen MR) is 52.1 cm³/mol. The van der Waals surface area contributed by atoms with Crippen molar-refractivity contribution < 1.29 is 14.3 Å². The number of Topliss-reactive ketones (excluding diaryl/α,β-unsaturated/α-hetero) is 1. The molecule has 2 aliphatic carbocycles. The molecule has 0 radical (unpaired) electrons. The number of ketones is 1. The second-order valence-electron chi connectivity index (χ2n) is 4.35. The summed E-state index contributed by atoms with van der Waals surface area (Å²) in [5, 5.41) is 0. The quantitative estimate of drug-likeness (QED) is 0.687. The summed E-state index contributed by atoms with van der Waals surface area (Å²) in [7, 11) is 1.58. The van der Waals surface area contributed by atoms with E-state index in [1.807, 2.05) is 0 Å². The monoisotopic (exact) mass is 198 g/mol. The van der Waals surface area contributed by atoms with E-state index in [-0.39, 0.29) is 18.0 Å². The number of methoxy groups -OCH3 is 1. The third-order valence-electron chi connectivity index (χ3n) is 3.33. The van der Waals surface area contributed by atoms with E-state index in [9.17, 15) is 4.79 Å². The maximum absolute atomic E-state index is 11.1. The van der Waals surface area contributed by atoms with Gasteiger partial charge in [-0.15, -0.1) is 0 Å². The zero-order valence-corrected chi connectivity index (χ0v) is 8.70.